The highest BCUT2D eigenvalue weighted by atomic mass is 79.9. The summed E-state index contributed by atoms with van der Waals surface area (Å²) in [5.41, 5.74) is 2.44. The number of halogens is 2. The Morgan fingerprint density at radius 1 is 1.36 bits per heavy atom. The highest BCUT2D eigenvalue weighted by Crippen LogP contribution is 2.18. The van der Waals surface area contributed by atoms with Gasteiger partial charge in [0, 0.05) is 17.2 Å². The van der Waals surface area contributed by atoms with Crippen LogP contribution < -0.4 is 5.32 Å². The average Bonchev–Trinajstić information content (AvgIpc) is 1.88. The van der Waals surface area contributed by atoms with Crippen LogP contribution in [0.1, 0.15) is 5.56 Å². The lowest BCUT2D eigenvalue weighted by Crippen LogP contribution is -1.90. The van der Waals surface area contributed by atoms with Crippen LogP contribution in [0, 0.1) is 6.92 Å². The van der Waals surface area contributed by atoms with Gasteiger partial charge < -0.3 is 5.32 Å². The van der Waals surface area contributed by atoms with Crippen LogP contribution in [0.25, 0.3) is 0 Å². The van der Waals surface area contributed by atoms with Gasteiger partial charge in [-0.3, -0.25) is 0 Å². The van der Waals surface area contributed by atoms with E-state index in [0.29, 0.717) is 0 Å². The van der Waals surface area contributed by atoms with Crippen molar-refractivity contribution in [2.45, 2.75) is 6.92 Å². The molecule has 62 valence electrons. The second-order valence-electron chi connectivity index (χ2n) is 2.21. The molecular weight excluding hydrogens is 225 g/mol. The molecule has 0 saturated heterocycles. The van der Waals surface area contributed by atoms with Crippen LogP contribution in [-0.4, -0.2) is 7.05 Å². The molecule has 0 fully saturated rings. The number of aryl methyl sites for hydroxylation is 1. The van der Waals surface area contributed by atoms with Crippen LogP contribution in [0.3, 0.4) is 0 Å². The number of anilines is 1. The van der Waals surface area contributed by atoms with E-state index in [4.69, 9.17) is 0 Å². The molecule has 0 bridgehead atoms. The van der Waals surface area contributed by atoms with Crippen LogP contribution in [0.2, 0.25) is 0 Å². The maximum atomic E-state index is 3.40. The minimum absolute atomic E-state index is 0. The van der Waals surface area contributed by atoms with Gasteiger partial charge in [-0.05, 0) is 30.7 Å². The van der Waals surface area contributed by atoms with Crippen molar-refractivity contribution < 1.29 is 0 Å². The molecule has 0 atom stereocenters. The number of hydrogen-bond donors (Lipinski definition) is 1. The molecule has 0 aliphatic rings. The van der Waals surface area contributed by atoms with Gasteiger partial charge in [0.25, 0.3) is 0 Å². The van der Waals surface area contributed by atoms with E-state index in [-0.39, 0.29) is 12.4 Å². The minimum atomic E-state index is 0. The molecule has 0 aliphatic heterocycles. The second kappa shape index (κ2) is 4.62. The SMILES string of the molecule is CNc1ccc(Br)cc1C.Cl. The number of benzene rings is 1. The van der Waals surface area contributed by atoms with Crippen LogP contribution in [0.5, 0.6) is 0 Å². The molecule has 0 aromatic heterocycles. The Morgan fingerprint density at radius 3 is 2.45 bits per heavy atom. The summed E-state index contributed by atoms with van der Waals surface area (Å²) in [7, 11) is 1.93. The first-order valence-electron chi connectivity index (χ1n) is 3.18. The van der Waals surface area contributed by atoms with Crippen molar-refractivity contribution in [3.05, 3.63) is 28.2 Å². The summed E-state index contributed by atoms with van der Waals surface area (Å²) < 4.78 is 1.13. The topological polar surface area (TPSA) is 12.0 Å². The Labute approximate surface area is 81.7 Å². The summed E-state index contributed by atoms with van der Waals surface area (Å²) in [4.78, 5) is 0. The fraction of sp³-hybridized carbons (Fsp3) is 0.250. The Balaban J connectivity index is 0.000001000. The van der Waals surface area contributed by atoms with E-state index in [1.807, 2.05) is 13.1 Å². The third-order valence-corrected chi connectivity index (χ3v) is 1.95. The predicted molar refractivity (Wildman–Crippen MR) is 55.7 cm³/mol. The fourth-order valence-corrected chi connectivity index (χ4v) is 1.38. The third-order valence-electron chi connectivity index (χ3n) is 1.46. The zero-order valence-electron chi connectivity index (χ0n) is 6.52. The maximum Gasteiger partial charge on any atom is 0.0368 e. The lowest BCUT2D eigenvalue weighted by Gasteiger charge is -2.03. The summed E-state index contributed by atoms with van der Waals surface area (Å²) in [5, 5.41) is 3.10. The molecule has 0 spiro atoms. The lowest BCUT2D eigenvalue weighted by molar-refractivity contribution is 1.39. The van der Waals surface area contributed by atoms with Crippen molar-refractivity contribution in [1.82, 2.24) is 0 Å². The smallest absolute Gasteiger partial charge is 0.0368 e. The van der Waals surface area contributed by atoms with E-state index in [9.17, 15) is 0 Å². The lowest BCUT2D eigenvalue weighted by atomic mass is 10.2. The number of hydrogen-bond acceptors (Lipinski definition) is 1. The van der Waals surface area contributed by atoms with Crippen molar-refractivity contribution in [2.75, 3.05) is 12.4 Å². The normalized spacial score (nSPS) is 8.64. The van der Waals surface area contributed by atoms with Gasteiger partial charge in [0.15, 0.2) is 0 Å². The molecule has 0 unspecified atom stereocenters. The molecule has 1 N–H and O–H groups in total. The Hall–Kier alpha value is -0.210. The van der Waals surface area contributed by atoms with E-state index in [2.05, 4.69) is 40.3 Å². The maximum absolute atomic E-state index is 3.40. The van der Waals surface area contributed by atoms with Gasteiger partial charge in [-0.1, -0.05) is 15.9 Å². The molecule has 1 nitrogen and oxygen atoms in total. The van der Waals surface area contributed by atoms with E-state index < -0.39 is 0 Å². The first kappa shape index (κ1) is 10.8. The molecule has 11 heavy (non-hydrogen) atoms. The van der Waals surface area contributed by atoms with E-state index >= 15 is 0 Å². The van der Waals surface area contributed by atoms with E-state index in [0.717, 1.165) is 4.47 Å². The van der Waals surface area contributed by atoms with Gasteiger partial charge in [0.05, 0.1) is 0 Å². The van der Waals surface area contributed by atoms with Gasteiger partial charge in [-0.25, -0.2) is 0 Å². The standard InChI is InChI=1S/C8H10BrN.ClH/c1-6-5-7(9)3-4-8(6)10-2;/h3-5,10H,1-2H3;1H. The van der Waals surface area contributed by atoms with Gasteiger partial charge in [-0.2, -0.15) is 0 Å². The van der Waals surface area contributed by atoms with Gasteiger partial charge in [0.1, 0.15) is 0 Å². The zero-order chi connectivity index (χ0) is 7.56. The Morgan fingerprint density at radius 2 is 2.00 bits per heavy atom. The molecule has 0 radical (unpaired) electrons. The largest absolute Gasteiger partial charge is 0.388 e. The first-order valence-corrected chi connectivity index (χ1v) is 3.97. The number of nitrogens with one attached hydrogen (secondary N) is 1. The van der Waals surface area contributed by atoms with Crippen molar-refractivity contribution in [2.24, 2.45) is 0 Å². The van der Waals surface area contributed by atoms with Crippen molar-refractivity contribution in [1.29, 1.82) is 0 Å². The summed E-state index contributed by atoms with van der Waals surface area (Å²) in [6.45, 7) is 2.08. The highest BCUT2D eigenvalue weighted by Gasteiger charge is 1.93. The Bertz CT molecular complexity index is 238. The van der Waals surface area contributed by atoms with Crippen LogP contribution in [-0.2, 0) is 0 Å². The fourth-order valence-electron chi connectivity index (χ4n) is 0.908. The minimum Gasteiger partial charge on any atom is -0.388 e. The van der Waals surface area contributed by atoms with E-state index in [1.165, 1.54) is 11.3 Å². The average molecular weight is 237 g/mol. The molecule has 3 heteroatoms. The van der Waals surface area contributed by atoms with Crippen LogP contribution >= 0.6 is 28.3 Å². The summed E-state index contributed by atoms with van der Waals surface area (Å²) in [6.07, 6.45) is 0. The summed E-state index contributed by atoms with van der Waals surface area (Å²) in [6, 6.07) is 6.17. The molecular formula is C8H11BrClN. The molecule has 1 aromatic carbocycles. The first-order chi connectivity index (χ1) is 4.74. The molecule has 0 amide bonds. The Kier molecular flexibility index (Phi) is 4.54. The van der Waals surface area contributed by atoms with Crippen LogP contribution in [0.4, 0.5) is 5.69 Å². The molecule has 0 aliphatic carbocycles. The van der Waals surface area contributed by atoms with Crippen molar-refractivity contribution in [3.63, 3.8) is 0 Å². The predicted octanol–water partition coefficient (Wildman–Crippen LogP) is 3.22. The second-order valence-corrected chi connectivity index (χ2v) is 3.12. The molecule has 1 rings (SSSR count). The highest BCUT2D eigenvalue weighted by molar-refractivity contribution is 9.10. The van der Waals surface area contributed by atoms with Gasteiger partial charge in [-0.15, -0.1) is 12.4 Å². The van der Waals surface area contributed by atoms with Crippen LogP contribution in [0.15, 0.2) is 22.7 Å². The zero-order valence-corrected chi connectivity index (χ0v) is 8.92. The van der Waals surface area contributed by atoms with Crippen molar-refractivity contribution >= 4 is 34.0 Å². The summed E-state index contributed by atoms with van der Waals surface area (Å²) >= 11 is 3.40. The molecule has 0 heterocycles. The third kappa shape index (κ3) is 2.72. The van der Waals surface area contributed by atoms with Crippen molar-refractivity contribution in [3.8, 4) is 0 Å². The molecule has 0 saturated carbocycles. The quantitative estimate of drug-likeness (QED) is 0.789. The van der Waals surface area contributed by atoms with Gasteiger partial charge in [0.2, 0.25) is 0 Å². The van der Waals surface area contributed by atoms with E-state index in [1.54, 1.807) is 0 Å². The van der Waals surface area contributed by atoms with Gasteiger partial charge >= 0.3 is 0 Å². The monoisotopic (exact) mass is 235 g/mol. The molecule has 1 aromatic rings. The summed E-state index contributed by atoms with van der Waals surface area (Å²) in [5.74, 6) is 0. The number of rotatable bonds is 1.